The summed E-state index contributed by atoms with van der Waals surface area (Å²) >= 11 is 11.9. The number of hydrogen-bond donors (Lipinski definition) is 0. The zero-order valence-corrected chi connectivity index (χ0v) is 13.0. The third kappa shape index (κ3) is 5.22. The summed E-state index contributed by atoms with van der Waals surface area (Å²) in [6.45, 7) is 3.61. The molecule has 0 saturated heterocycles. The number of halogens is 3. The molecule has 0 bridgehead atoms. The summed E-state index contributed by atoms with van der Waals surface area (Å²) in [7, 11) is 1.65. The van der Waals surface area contributed by atoms with E-state index in [4.69, 9.17) is 38.6 Å². The van der Waals surface area contributed by atoms with E-state index < -0.39 is 14.5 Å². The van der Waals surface area contributed by atoms with Gasteiger partial charge in [-0.1, -0.05) is 43.1 Å². The van der Waals surface area contributed by atoms with Crippen LogP contribution in [-0.2, 0) is 9.05 Å². The Bertz CT molecular complexity index is 506. The molecule has 0 heterocycles. The van der Waals surface area contributed by atoms with Crippen LogP contribution in [0.2, 0.25) is 10.0 Å². The minimum atomic E-state index is -3.58. The third-order valence-corrected chi connectivity index (χ3v) is 4.14. The van der Waals surface area contributed by atoms with Crippen LogP contribution in [-0.4, -0.2) is 20.8 Å². The van der Waals surface area contributed by atoms with Gasteiger partial charge in [0.25, 0.3) is 0 Å². The summed E-state index contributed by atoms with van der Waals surface area (Å²) in [5.41, 5.74) is -0.636. The van der Waals surface area contributed by atoms with Crippen LogP contribution >= 0.6 is 33.9 Å². The van der Waals surface area contributed by atoms with E-state index in [1.165, 1.54) is 0 Å². The Morgan fingerprint density at radius 3 is 2.17 bits per heavy atom. The summed E-state index contributed by atoms with van der Waals surface area (Å²) in [5, 5.41) is 0.763. The summed E-state index contributed by atoms with van der Waals surface area (Å²) in [5.74, 6) is 0.157. The van der Waals surface area contributed by atoms with E-state index in [1.54, 1.807) is 32.0 Å². The first-order chi connectivity index (χ1) is 8.11. The fourth-order valence-electron chi connectivity index (χ4n) is 1.40. The third-order valence-electron chi connectivity index (χ3n) is 2.09. The Balaban J connectivity index is 2.76. The highest BCUT2D eigenvalue weighted by Gasteiger charge is 2.26. The summed E-state index contributed by atoms with van der Waals surface area (Å²) < 4.78 is 27.6. The molecule has 0 amide bonds. The Kier molecular flexibility index (Phi) is 5.18. The molecule has 3 nitrogen and oxygen atoms in total. The van der Waals surface area contributed by atoms with Gasteiger partial charge in [-0.3, -0.25) is 0 Å². The van der Waals surface area contributed by atoms with Gasteiger partial charge in [-0.2, -0.15) is 0 Å². The molecule has 0 radical (unpaired) electrons. The Morgan fingerprint density at radius 1 is 1.22 bits per heavy atom. The predicted molar refractivity (Wildman–Crippen MR) is 75.4 cm³/mol. The molecule has 1 aromatic rings. The van der Waals surface area contributed by atoms with Gasteiger partial charge >= 0.3 is 0 Å². The second-order valence-corrected chi connectivity index (χ2v) is 8.28. The Hall–Kier alpha value is -0.160. The lowest BCUT2D eigenvalue weighted by Gasteiger charge is -2.23. The highest BCUT2D eigenvalue weighted by atomic mass is 35.7. The van der Waals surface area contributed by atoms with Crippen molar-refractivity contribution in [3.63, 3.8) is 0 Å². The minimum Gasteiger partial charge on any atom is -0.490 e. The fourth-order valence-corrected chi connectivity index (χ4v) is 3.81. The van der Waals surface area contributed by atoms with Gasteiger partial charge in [0.2, 0.25) is 9.05 Å². The van der Waals surface area contributed by atoms with Crippen molar-refractivity contribution in [2.75, 3.05) is 12.4 Å². The van der Waals surface area contributed by atoms with E-state index in [1.807, 2.05) is 0 Å². The van der Waals surface area contributed by atoms with Gasteiger partial charge in [0.1, 0.15) is 0 Å². The topological polar surface area (TPSA) is 43.4 Å². The molecule has 0 N–H and O–H groups in total. The molecule has 0 unspecified atom stereocenters. The zero-order chi connectivity index (χ0) is 14.0. The van der Waals surface area contributed by atoms with Crippen LogP contribution in [0.15, 0.2) is 18.2 Å². The van der Waals surface area contributed by atoms with Gasteiger partial charge in [0.05, 0.1) is 22.4 Å². The number of rotatable bonds is 5. The summed E-state index contributed by atoms with van der Waals surface area (Å²) in [4.78, 5) is 0. The normalized spacial score (nSPS) is 12.5. The van der Waals surface area contributed by atoms with E-state index >= 15 is 0 Å². The van der Waals surface area contributed by atoms with Crippen molar-refractivity contribution in [2.45, 2.75) is 13.8 Å². The van der Waals surface area contributed by atoms with E-state index in [0.717, 1.165) is 0 Å². The molecule has 0 aliphatic rings. The first-order valence-electron chi connectivity index (χ1n) is 5.10. The zero-order valence-electron chi connectivity index (χ0n) is 9.91. The molecule has 1 rings (SSSR count). The second kappa shape index (κ2) is 5.87. The predicted octanol–water partition coefficient (Wildman–Crippen LogP) is 3.97. The lowest BCUT2D eigenvalue weighted by Crippen LogP contribution is -2.28. The van der Waals surface area contributed by atoms with Gasteiger partial charge in [-0.15, -0.1) is 0 Å². The molecule has 18 heavy (non-hydrogen) atoms. The smallest absolute Gasteiger partial charge is 0.233 e. The summed E-state index contributed by atoms with van der Waals surface area (Å²) in [6.07, 6.45) is 0. The van der Waals surface area contributed by atoms with Crippen LogP contribution in [0.5, 0.6) is 5.75 Å². The van der Waals surface area contributed by atoms with Gasteiger partial charge in [0.15, 0.2) is 5.75 Å². The van der Waals surface area contributed by atoms with Crippen LogP contribution in [0.1, 0.15) is 13.8 Å². The van der Waals surface area contributed by atoms with E-state index in [-0.39, 0.29) is 12.4 Å². The highest BCUT2D eigenvalue weighted by molar-refractivity contribution is 8.13. The first-order valence-corrected chi connectivity index (χ1v) is 8.33. The van der Waals surface area contributed by atoms with E-state index in [0.29, 0.717) is 15.8 Å². The number of para-hydroxylation sites is 1. The molecular weight excluding hydrogens is 319 g/mol. The lowest BCUT2D eigenvalue weighted by atomic mass is 9.98. The van der Waals surface area contributed by atoms with Crippen LogP contribution in [0.25, 0.3) is 0 Å². The van der Waals surface area contributed by atoms with E-state index in [9.17, 15) is 8.42 Å². The van der Waals surface area contributed by atoms with Crippen LogP contribution in [0.4, 0.5) is 0 Å². The van der Waals surface area contributed by atoms with Crippen molar-refractivity contribution >= 4 is 42.9 Å². The van der Waals surface area contributed by atoms with Gasteiger partial charge < -0.3 is 4.74 Å². The van der Waals surface area contributed by atoms with Crippen molar-refractivity contribution in [1.82, 2.24) is 0 Å². The summed E-state index contributed by atoms with van der Waals surface area (Å²) in [6, 6.07) is 4.99. The van der Waals surface area contributed by atoms with Crippen LogP contribution in [0, 0.1) is 5.41 Å². The average molecular weight is 332 g/mol. The highest BCUT2D eigenvalue weighted by Crippen LogP contribution is 2.33. The van der Waals surface area contributed by atoms with Crippen molar-refractivity contribution in [3.05, 3.63) is 28.2 Å². The minimum absolute atomic E-state index is 0.141. The molecular formula is C11H13Cl3O3S. The average Bonchev–Trinajstić information content (AvgIpc) is 2.12. The maximum atomic E-state index is 11.0. The number of hydrogen-bond acceptors (Lipinski definition) is 3. The quantitative estimate of drug-likeness (QED) is 0.767. The molecule has 1 aromatic carbocycles. The molecule has 0 saturated carbocycles. The van der Waals surface area contributed by atoms with Crippen molar-refractivity contribution in [2.24, 2.45) is 5.41 Å². The largest absolute Gasteiger partial charge is 0.490 e. The molecule has 0 aromatic heterocycles. The number of benzene rings is 1. The number of ether oxygens (including phenoxy) is 1. The molecule has 102 valence electrons. The molecule has 0 atom stereocenters. The Morgan fingerprint density at radius 2 is 1.72 bits per heavy atom. The van der Waals surface area contributed by atoms with Crippen molar-refractivity contribution < 1.29 is 13.2 Å². The Labute approximate surface area is 121 Å². The maximum absolute atomic E-state index is 11.0. The molecule has 7 heteroatoms. The molecule has 0 aliphatic heterocycles. The molecule has 0 spiro atoms. The maximum Gasteiger partial charge on any atom is 0.233 e. The van der Waals surface area contributed by atoms with Crippen LogP contribution < -0.4 is 4.74 Å². The standard InChI is InChI=1S/C11H13Cl3O3S/c1-11(2,7-18(14,15)16)6-17-10-8(12)4-3-5-9(10)13/h3-5H,6-7H2,1-2H3. The van der Waals surface area contributed by atoms with Crippen LogP contribution in [0.3, 0.4) is 0 Å². The molecule has 0 aliphatic carbocycles. The monoisotopic (exact) mass is 330 g/mol. The van der Waals surface area contributed by atoms with Gasteiger partial charge in [-0.05, 0) is 12.1 Å². The fraction of sp³-hybridized carbons (Fsp3) is 0.455. The van der Waals surface area contributed by atoms with Gasteiger partial charge in [-0.25, -0.2) is 8.42 Å². The second-order valence-electron chi connectivity index (χ2n) is 4.69. The molecule has 0 fully saturated rings. The van der Waals surface area contributed by atoms with E-state index in [2.05, 4.69) is 0 Å². The van der Waals surface area contributed by atoms with Gasteiger partial charge in [0, 0.05) is 16.1 Å². The van der Waals surface area contributed by atoms with Crippen molar-refractivity contribution in [3.8, 4) is 5.75 Å². The van der Waals surface area contributed by atoms with Crippen molar-refractivity contribution in [1.29, 1.82) is 0 Å². The SMILES string of the molecule is CC(C)(COc1c(Cl)cccc1Cl)CS(=O)(=O)Cl. The first kappa shape index (κ1) is 15.9. The lowest BCUT2D eigenvalue weighted by molar-refractivity contribution is 0.200.